The predicted molar refractivity (Wildman–Crippen MR) is 114 cm³/mol. The van der Waals surface area contributed by atoms with Crippen LogP contribution in [0.15, 0.2) is 77.8 Å². The molecule has 0 fully saturated rings. The molecule has 4 aromatic rings. The molecule has 1 heterocycles. The fourth-order valence-corrected chi connectivity index (χ4v) is 2.79. The molecule has 28 heavy (non-hydrogen) atoms. The van der Waals surface area contributed by atoms with Crippen molar-refractivity contribution < 1.29 is 4.79 Å². The molecule has 0 spiro atoms. The van der Waals surface area contributed by atoms with Crippen molar-refractivity contribution in [3.05, 3.63) is 84.1 Å². The van der Waals surface area contributed by atoms with Crippen LogP contribution in [0.3, 0.4) is 0 Å². The van der Waals surface area contributed by atoms with Crippen LogP contribution < -0.4 is 10.6 Å². The van der Waals surface area contributed by atoms with Crippen LogP contribution in [0.4, 0.5) is 21.9 Å². The number of fused-ring (bicyclic) bond motifs is 1. The maximum atomic E-state index is 12.2. The second kappa shape index (κ2) is 7.75. The normalized spacial score (nSPS) is 11.0. The van der Waals surface area contributed by atoms with Gasteiger partial charge in [0.2, 0.25) is 0 Å². The molecular weight excluding hydrogens is 350 g/mol. The molecule has 6 heteroatoms. The average molecular weight is 369 g/mol. The van der Waals surface area contributed by atoms with Gasteiger partial charge in [-0.3, -0.25) is 10.1 Å². The zero-order chi connectivity index (χ0) is 19.3. The lowest BCUT2D eigenvalue weighted by molar-refractivity contribution is 0.262. The minimum atomic E-state index is -0.301. The number of carbonyl (C=O) groups excluding carboxylic acids is 1. The van der Waals surface area contributed by atoms with Crippen molar-refractivity contribution in [1.82, 2.24) is 10.2 Å². The molecule has 4 rings (SSSR count). The molecule has 138 valence electrons. The summed E-state index contributed by atoms with van der Waals surface area (Å²) in [5, 5.41) is 13.9. The summed E-state index contributed by atoms with van der Waals surface area (Å²) in [7, 11) is 0. The van der Waals surface area contributed by atoms with Crippen molar-refractivity contribution in [3.8, 4) is 0 Å². The van der Waals surface area contributed by atoms with Crippen molar-refractivity contribution in [2.45, 2.75) is 6.92 Å². The van der Waals surface area contributed by atoms with Gasteiger partial charge in [0.25, 0.3) is 0 Å². The minimum absolute atomic E-state index is 0.301. The van der Waals surface area contributed by atoms with Crippen LogP contribution in [-0.4, -0.2) is 22.4 Å². The summed E-state index contributed by atoms with van der Waals surface area (Å²) >= 11 is 0. The van der Waals surface area contributed by atoms with E-state index in [4.69, 9.17) is 0 Å². The number of rotatable bonds is 4. The topological polar surface area (TPSA) is 82.2 Å². The number of para-hydroxylation sites is 1. The Labute approximate surface area is 162 Å². The van der Waals surface area contributed by atoms with E-state index >= 15 is 0 Å². The van der Waals surface area contributed by atoms with Crippen molar-refractivity contribution in [2.75, 3.05) is 10.6 Å². The molecule has 0 aliphatic heterocycles. The first-order valence-corrected chi connectivity index (χ1v) is 8.89. The number of benzene rings is 3. The van der Waals surface area contributed by atoms with Gasteiger partial charge >= 0.3 is 6.03 Å². The Bertz CT molecular complexity index is 1130. The summed E-state index contributed by atoms with van der Waals surface area (Å²) in [5.41, 5.74) is 4.98. The Hall–Kier alpha value is -3.93. The molecule has 0 unspecified atom stereocenters. The van der Waals surface area contributed by atoms with Gasteiger partial charge in [-0.25, -0.2) is 4.79 Å². The molecule has 3 aromatic carbocycles. The molecule has 0 saturated carbocycles. The van der Waals surface area contributed by atoms with Crippen molar-refractivity contribution in [2.24, 2.45) is 4.99 Å². The number of aryl methyl sites for hydroxylation is 1. The monoisotopic (exact) mass is 369 g/mol. The first kappa shape index (κ1) is 17.5. The van der Waals surface area contributed by atoms with E-state index in [0.717, 1.165) is 33.5 Å². The number of aromatic nitrogens is 2. The van der Waals surface area contributed by atoms with Crippen molar-refractivity contribution in [3.63, 3.8) is 0 Å². The predicted octanol–water partition coefficient (Wildman–Crippen LogP) is 5.27. The number of hydrogen-bond acceptors (Lipinski definition) is 3. The van der Waals surface area contributed by atoms with Crippen LogP contribution in [-0.2, 0) is 0 Å². The van der Waals surface area contributed by atoms with Crippen LogP contribution in [0.25, 0.3) is 10.9 Å². The Morgan fingerprint density at radius 3 is 2.46 bits per heavy atom. The molecule has 3 N–H and O–H groups in total. The van der Waals surface area contributed by atoms with E-state index in [1.165, 1.54) is 0 Å². The lowest BCUT2D eigenvalue weighted by Gasteiger charge is -2.08. The number of H-pyrrole nitrogens is 1. The van der Waals surface area contributed by atoms with Gasteiger partial charge in [0.15, 0.2) is 0 Å². The van der Waals surface area contributed by atoms with E-state index < -0.39 is 0 Å². The first-order valence-electron chi connectivity index (χ1n) is 8.89. The molecule has 0 aliphatic rings. The second-order valence-corrected chi connectivity index (χ2v) is 6.41. The smallest absolute Gasteiger partial charge is 0.308 e. The number of hydrogen-bond donors (Lipinski definition) is 3. The van der Waals surface area contributed by atoms with Gasteiger partial charge in [-0.05, 0) is 49.4 Å². The molecule has 0 atom stereocenters. The molecule has 0 radical (unpaired) electrons. The fourth-order valence-electron chi connectivity index (χ4n) is 2.79. The quantitative estimate of drug-likeness (QED) is 0.429. The zero-order valence-corrected chi connectivity index (χ0v) is 15.3. The summed E-state index contributed by atoms with van der Waals surface area (Å²) < 4.78 is 0. The maximum absolute atomic E-state index is 12.2. The number of aromatic amines is 1. The van der Waals surface area contributed by atoms with E-state index in [2.05, 4.69) is 25.8 Å². The van der Waals surface area contributed by atoms with E-state index in [0.29, 0.717) is 5.69 Å². The minimum Gasteiger partial charge on any atom is -0.308 e. The maximum Gasteiger partial charge on any atom is 0.323 e. The number of nitrogens with one attached hydrogen (secondary N) is 3. The number of aliphatic imine (C=N–C) groups is 1. The number of carbonyl (C=O) groups is 1. The van der Waals surface area contributed by atoms with Crippen molar-refractivity contribution in [1.29, 1.82) is 0 Å². The first-order chi connectivity index (χ1) is 13.7. The Kier molecular flexibility index (Phi) is 4.84. The van der Waals surface area contributed by atoms with E-state index in [-0.39, 0.29) is 6.03 Å². The third-order valence-electron chi connectivity index (χ3n) is 4.25. The van der Waals surface area contributed by atoms with Gasteiger partial charge in [-0.2, -0.15) is 5.10 Å². The number of urea groups is 1. The molecule has 0 bridgehead atoms. The highest BCUT2D eigenvalue weighted by Gasteiger charge is 2.07. The van der Waals surface area contributed by atoms with Gasteiger partial charge in [0, 0.05) is 16.8 Å². The van der Waals surface area contributed by atoms with E-state index in [9.17, 15) is 4.79 Å². The Balaban J connectivity index is 1.47. The highest BCUT2D eigenvalue weighted by molar-refractivity contribution is 6.03. The van der Waals surface area contributed by atoms with Gasteiger partial charge in [0.1, 0.15) is 0 Å². The van der Waals surface area contributed by atoms with Gasteiger partial charge in [0.05, 0.1) is 23.1 Å². The van der Waals surface area contributed by atoms with Gasteiger partial charge in [-0.1, -0.05) is 35.9 Å². The average Bonchev–Trinajstić information content (AvgIpc) is 3.11. The summed E-state index contributed by atoms with van der Waals surface area (Å²) in [6, 6.07) is 22.6. The van der Waals surface area contributed by atoms with Crippen LogP contribution in [0, 0.1) is 6.92 Å². The SMILES string of the molecule is Cc1ccc(NC(=O)Nc2ccc3c(C=Nc4ccccc4)[nH]nc3c2)cc1. The molecule has 0 saturated heterocycles. The van der Waals surface area contributed by atoms with Crippen LogP contribution in [0.1, 0.15) is 11.3 Å². The molecule has 1 aromatic heterocycles. The number of amides is 2. The molecule has 0 aliphatic carbocycles. The van der Waals surface area contributed by atoms with E-state index in [1.54, 1.807) is 6.21 Å². The third kappa shape index (κ3) is 4.07. The summed E-state index contributed by atoms with van der Waals surface area (Å²) in [6.07, 6.45) is 1.75. The fraction of sp³-hybridized carbons (Fsp3) is 0.0455. The van der Waals surface area contributed by atoms with Gasteiger partial charge in [-0.15, -0.1) is 0 Å². The second-order valence-electron chi connectivity index (χ2n) is 6.41. The van der Waals surface area contributed by atoms with Gasteiger partial charge < -0.3 is 10.6 Å². The lowest BCUT2D eigenvalue weighted by atomic mass is 10.2. The Morgan fingerprint density at radius 1 is 0.964 bits per heavy atom. The highest BCUT2D eigenvalue weighted by atomic mass is 16.2. The number of nitrogens with zero attached hydrogens (tertiary/aromatic N) is 2. The summed E-state index contributed by atoms with van der Waals surface area (Å²) in [4.78, 5) is 16.6. The largest absolute Gasteiger partial charge is 0.323 e. The Morgan fingerprint density at radius 2 is 1.68 bits per heavy atom. The van der Waals surface area contributed by atoms with E-state index in [1.807, 2.05) is 79.7 Å². The standard InChI is InChI=1S/C22H19N5O/c1-15-7-9-17(10-8-15)24-22(28)25-18-11-12-19-20(13-18)26-27-21(19)14-23-16-5-3-2-4-6-16/h2-14H,1H3,(H,26,27)(H2,24,25,28). The summed E-state index contributed by atoms with van der Waals surface area (Å²) in [5.74, 6) is 0. The number of anilines is 2. The molecular formula is C22H19N5O. The third-order valence-corrected chi connectivity index (χ3v) is 4.25. The zero-order valence-electron chi connectivity index (χ0n) is 15.3. The molecule has 6 nitrogen and oxygen atoms in total. The van der Waals surface area contributed by atoms with Crippen molar-refractivity contribution >= 4 is 40.2 Å². The lowest BCUT2D eigenvalue weighted by Crippen LogP contribution is -2.19. The van der Waals surface area contributed by atoms with Crippen LogP contribution in [0.5, 0.6) is 0 Å². The van der Waals surface area contributed by atoms with Crippen LogP contribution in [0.2, 0.25) is 0 Å². The highest BCUT2D eigenvalue weighted by Crippen LogP contribution is 2.20. The summed E-state index contributed by atoms with van der Waals surface area (Å²) in [6.45, 7) is 2.00. The van der Waals surface area contributed by atoms with Crippen LogP contribution >= 0.6 is 0 Å². The molecule has 2 amide bonds.